The number of carbonyl (C=O) groups excluding carboxylic acids is 1. The minimum absolute atomic E-state index is 0.0873. The van der Waals surface area contributed by atoms with E-state index < -0.39 is 14.6 Å². The Bertz CT molecular complexity index is 1470. The Morgan fingerprint density at radius 1 is 1.16 bits per heavy atom. The largest absolute Gasteiger partial charge is 0.377 e. The third kappa shape index (κ3) is 4.76. The van der Waals surface area contributed by atoms with Crippen LogP contribution in [0, 0.1) is 6.92 Å². The summed E-state index contributed by atoms with van der Waals surface area (Å²) in [6.45, 7) is 5.66. The third-order valence-electron chi connectivity index (χ3n) is 7.20. The summed E-state index contributed by atoms with van der Waals surface area (Å²) in [5, 5.41) is 7.51. The van der Waals surface area contributed by atoms with Crippen molar-refractivity contribution in [1.82, 2.24) is 20.3 Å². The van der Waals surface area contributed by atoms with Crippen molar-refractivity contribution >= 4 is 38.7 Å². The van der Waals surface area contributed by atoms with Crippen molar-refractivity contribution in [2.24, 2.45) is 0 Å². The average molecular weight is 555 g/mol. The molecule has 2 aromatic heterocycles. The number of morpholine rings is 1. The average Bonchev–Trinajstić information content (AvgIpc) is 3.83. The Kier molecular flexibility index (Phi) is 6.36. The van der Waals surface area contributed by atoms with E-state index in [1.165, 1.54) is 0 Å². The highest BCUT2D eigenvalue weighted by molar-refractivity contribution is 7.94. The van der Waals surface area contributed by atoms with Gasteiger partial charge in [0, 0.05) is 41.0 Å². The summed E-state index contributed by atoms with van der Waals surface area (Å²) in [6.07, 6.45) is 3.01. The summed E-state index contributed by atoms with van der Waals surface area (Å²) in [5.74, 6) is 1.13. The van der Waals surface area contributed by atoms with Gasteiger partial charge in [0.05, 0.1) is 24.9 Å². The quantitative estimate of drug-likeness (QED) is 0.451. The molecule has 12 heteroatoms. The number of nitrogens with zero attached hydrogens (tertiary/aromatic N) is 4. The number of benzene rings is 1. The molecule has 0 unspecified atom stereocenters. The molecule has 6 rings (SSSR count). The first kappa shape index (κ1) is 25.2. The van der Waals surface area contributed by atoms with Gasteiger partial charge in [0.25, 0.3) is 0 Å². The molecule has 1 saturated heterocycles. The maximum Gasteiger partial charge on any atom is 0.319 e. The van der Waals surface area contributed by atoms with Gasteiger partial charge in [-0.2, -0.15) is 0 Å². The Balaban J connectivity index is 1.37. The number of hydrogen-bond acceptors (Lipinski definition) is 9. The number of aromatic nitrogens is 3. The minimum Gasteiger partial charge on any atom is -0.377 e. The Morgan fingerprint density at radius 2 is 1.92 bits per heavy atom. The second-order valence-corrected chi connectivity index (χ2v) is 13.5. The number of thiazole rings is 1. The van der Waals surface area contributed by atoms with Crippen molar-refractivity contribution in [3.8, 4) is 11.4 Å². The van der Waals surface area contributed by atoms with Crippen molar-refractivity contribution in [1.29, 1.82) is 0 Å². The normalized spacial score (nSPS) is 20.7. The van der Waals surface area contributed by atoms with Crippen LogP contribution in [0.5, 0.6) is 0 Å². The summed E-state index contributed by atoms with van der Waals surface area (Å²) in [7, 11) is -3.73. The molecule has 3 aliphatic rings. The van der Waals surface area contributed by atoms with E-state index in [0.717, 1.165) is 29.7 Å². The number of anilines is 2. The van der Waals surface area contributed by atoms with E-state index >= 15 is 0 Å². The van der Waals surface area contributed by atoms with Crippen LogP contribution >= 0.6 is 11.3 Å². The fourth-order valence-electron chi connectivity index (χ4n) is 4.69. The van der Waals surface area contributed by atoms with Crippen LogP contribution in [0.1, 0.15) is 44.0 Å². The minimum atomic E-state index is -3.73. The number of ether oxygens (including phenoxy) is 1. The number of amides is 2. The summed E-state index contributed by atoms with van der Waals surface area (Å²) in [5.41, 5.74) is 2.58. The number of sulfone groups is 1. The van der Waals surface area contributed by atoms with Gasteiger partial charge in [-0.3, -0.25) is 0 Å². The Morgan fingerprint density at radius 3 is 2.55 bits per heavy atom. The lowest BCUT2D eigenvalue weighted by atomic mass is 10.1. The van der Waals surface area contributed by atoms with Crippen LogP contribution in [0.2, 0.25) is 0 Å². The highest BCUT2D eigenvalue weighted by Crippen LogP contribution is 2.55. The monoisotopic (exact) mass is 554 g/mol. The van der Waals surface area contributed by atoms with E-state index in [1.807, 2.05) is 18.2 Å². The molecule has 0 spiro atoms. The topological polar surface area (TPSA) is 126 Å². The van der Waals surface area contributed by atoms with Crippen LogP contribution in [0.3, 0.4) is 0 Å². The molecule has 1 aromatic carbocycles. The van der Waals surface area contributed by atoms with Crippen LogP contribution in [0.15, 0.2) is 40.1 Å². The van der Waals surface area contributed by atoms with Gasteiger partial charge in [0.15, 0.2) is 5.82 Å². The van der Waals surface area contributed by atoms with Gasteiger partial charge in [-0.25, -0.2) is 28.2 Å². The van der Waals surface area contributed by atoms with Crippen molar-refractivity contribution in [3.63, 3.8) is 0 Å². The van der Waals surface area contributed by atoms with E-state index in [0.29, 0.717) is 61.3 Å². The zero-order valence-corrected chi connectivity index (χ0v) is 22.9. The number of carbonyl (C=O) groups is 1. The second-order valence-electron chi connectivity index (χ2n) is 10.3. The van der Waals surface area contributed by atoms with E-state index in [4.69, 9.17) is 14.7 Å². The molecule has 3 heterocycles. The van der Waals surface area contributed by atoms with E-state index in [-0.39, 0.29) is 22.5 Å². The first-order valence-corrected chi connectivity index (χ1v) is 15.2. The number of nitrogens with one attached hydrogen (secondary N) is 2. The van der Waals surface area contributed by atoms with Crippen molar-refractivity contribution < 1.29 is 17.9 Å². The molecule has 38 heavy (non-hydrogen) atoms. The van der Waals surface area contributed by atoms with E-state index in [9.17, 15) is 13.2 Å². The second kappa shape index (κ2) is 9.58. The maximum absolute atomic E-state index is 13.8. The van der Waals surface area contributed by atoms with Gasteiger partial charge >= 0.3 is 6.03 Å². The number of rotatable bonds is 7. The van der Waals surface area contributed by atoms with Gasteiger partial charge in [-0.05, 0) is 63.8 Å². The van der Waals surface area contributed by atoms with Crippen LogP contribution < -0.4 is 15.5 Å². The van der Waals surface area contributed by atoms with Crippen LogP contribution in [0.4, 0.5) is 16.3 Å². The first-order valence-electron chi connectivity index (χ1n) is 12.8. The molecule has 2 N–H and O–H groups in total. The lowest BCUT2D eigenvalue weighted by Gasteiger charge is -2.34. The van der Waals surface area contributed by atoms with Gasteiger partial charge in [-0.1, -0.05) is 0 Å². The zero-order chi connectivity index (χ0) is 26.5. The number of hydrogen-bond donors (Lipinski definition) is 2. The summed E-state index contributed by atoms with van der Waals surface area (Å²) in [6, 6.07) is 9.26. The fourth-order valence-corrected chi connectivity index (χ4v) is 7.96. The lowest BCUT2D eigenvalue weighted by molar-refractivity contribution is 0.0985. The van der Waals surface area contributed by atoms with Gasteiger partial charge in [-0.15, -0.1) is 11.3 Å². The van der Waals surface area contributed by atoms with Gasteiger partial charge in [0.1, 0.15) is 10.6 Å². The molecule has 0 radical (unpaired) electrons. The standard InChI is InChI=1S/C26H30N6O4S2/c1-16-15-37-25(27-16)38(34,35)26(9-10-26)21-13-22(32-11-12-36-14-17(32)2)31-23(30-21)18-3-5-19(6-4-18)28-24(33)29-20-7-8-20/h3-6,13,15,17,20H,7-12,14H2,1-2H3,(H2,28,29,33)/t17-/m0/s1. The molecule has 2 amide bonds. The highest BCUT2D eigenvalue weighted by atomic mass is 32.2. The number of urea groups is 1. The predicted molar refractivity (Wildman–Crippen MR) is 145 cm³/mol. The molecule has 200 valence electrons. The van der Waals surface area contributed by atoms with Crippen molar-refractivity contribution in [2.75, 3.05) is 30.0 Å². The Labute approximate surface area is 225 Å². The van der Waals surface area contributed by atoms with E-state index in [1.54, 1.807) is 24.4 Å². The molecule has 3 aromatic rings. The van der Waals surface area contributed by atoms with Crippen molar-refractivity contribution in [2.45, 2.75) is 60.7 Å². The summed E-state index contributed by atoms with van der Waals surface area (Å²) in [4.78, 5) is 28.3. The molecule has 2 aliphatic carbocycles. The summed E-state index contributed by atoms with van der Waals surface area (Å²) < 4.78 is 32.2. The molecule has 1 aliphatic heterocycles. The Hall–Kier alpha value is -3.09. The van der Waals surface area contributed by atoms with Crippen LogP contribution in [-0.2, 0) is 19.3 Å². The van der Waals surface area contributed by atoms with Gasteiger partial charge in [0.2, 0.25) is 14.2 Å². The molecule has 2 saturated carbocycles. The smallest absolute Gasteiger partial charge is 0.319 e. The van der Waals surface area contributed by atoms with Crippen LogP contribution in [0.25, 0.3) is 11.4 Å². The lowest BCUT2D eigenvalue weighted by Crippen LogP contribution is -2.44. The molecular weight excluding hydrogens is 524 g/mol. The molecule has 1 atom stereocenters. The predicted octanol–water partition coefficient (Wildman–Crippen LogP) is 3.88. The first-order chi connectivity index (χ1) is 18.2. The summed E-state index contributed by atoms with van der Waals surface area (Å²) >= 11 is 1.16. The zero-order valence-electron chi connectivity index (χ0n) is 21.3. The van der Waals surface area contributed by atoms with Crippen molar-refractivity contribution in [3.05, 3.63) is 47.1 Å². The maximum atomic E-state index is 13.8. The molecule has 3 fully saturated rings. The van der Waals surface area contributed by atoms with E-state index in [2.05, 4.69) is 27.4 Å². The van der Waals surface area contributed by atoms with Crippen LogP contribution in [-0.4, -0.2) is 61.2 Å². The third-order valence-corrected chi connectivity index (χ3v) is 11.1. The highest BCUT2D eigenvalue weighted by Gasteiger charge is 2.59. The molecule has 10 nitrogen and oxygen atoms in total. The SMILES string of the molecule is Cc1csc(S(=O)(=O)C2(c3cc(N4CCOC[C@@H]4C)nc(-c4ccc(NC(=O)NC5CC5)cc4)n3)CC2)n1. The van der Waals surface area contributed by atoms with Gasteiger partial charge < -0.3 is 20.3 Å². The number of aryl methyl sites for hydroxylation is 1. The fraction of sp³-hybridized carbons (Fsp3) is 0.462. The molecule has 0 bridgehead atoms. The molecular formula is C26H30N6O4S2.